The summed E-state index contributed by atoms with van der Waals surface area (Å²) in [6.07, 6.45) is 3.88. The van der Waals surface area contributed by atoms with Gasteiger partial charge in [0.1, 0.15) is 12.1 Å². The van der Waals surface area contributed by atoms with Crippen molar-refractivity contribution >= 4 is 11.9 Å². The van der Waals surface area contributed by atoms with Crippen molar-refractivity contribution < 1.29 is 14.1 Å². The number of aromatic nitrogens is 2. The van der Waals surface area contributed by atoms with E-state index in [2.05, 4.69) is 15.5 Å². The molecule has 1 aliphatic heterocycles. The van der Waals surface area contributed by atoms with Crippen LogP contribution >= 0.6 is 0 Å². The van der Waals surface area contributed by atoms with Gasteiger partial charge in [0.2, 0.25) is 5.89 Å². The SMILES string of the molecule is O=C1NC2(CCCC2)C(=O)N1Cc1nc(Cc2ccccc2)no1. The van der Waals surface area contributed by atoms with Gasteiger partial charge in [-0.2, -0.15) is 4.98 Å². The Morgan fingerprint density at radius 2 is 1.92 bits per heavy atom. The Morgan fingerprint density at radius 1 is 1.17 bits per heavy atom. The molecule has 4 rings (SSSR count). The molecule has 124 valence electrons. The van der Waals surface area contributed by atoms with Crippen molar-refractivity contribution in [1.82, 2.24) is 20.4 Å². The normalized spacial score (nSPS) is 19.2. The van der Waals surface area contributed by atoms with Crippen LogP contribution in [0, 0.1) is 0 Å². The van der Waals surface area contributed by atoms with Gasteiger partial charge in [0.25, 0.3) is 5.91 Å². The number of carbonyl (C=O) groups excluding carboxylic acids is 2. The van der Waals surface area contributed by atoms with E-state index in [4.69, 9.17) is 4.52 Å². The van der Waals surface area contributed by atoms with Crippen LogP contribution in [0.1, 0.15) is 43.0 Å². The van der Waals surface area contributed by atoms with E-state index in [9.17, 15) is 9.59 Å². The molecule has 0 bridgehead atoms. The second-order valence-electron chi connectivity index (χ2n) is 6.38. The third kappa shape index (κ3) is 2.55. The molecule has 0 radical (unpaired) electrons. The molecule has 1 saturated heterocycles. The minimum absolute atomic E-state index is 0.0220. The number of hydrogen-bond donors (Lipinski definition) is 1. The van der Waals surface area contributed by atoms with Gasteiger partial charge in [-0.05, 0) is 18.4 Å². The molecular weight excluding hydrogens is 308 g/mol. The van der Waals surface area contributed by atoms with E-state index in [-0.39, 0.29) is 24.4 Å². The monoisotopic (exact) mass is 326 g/mol. The van der Waals surface area contributed by atoms with E-state index in [0.717, 1.165) is 18.4 Å². The first kappa shape index (κ1) is 14.9. The van der Waals surface area contributed by atoms with Gasteiger partial charge in [-0.15, -0.1) is 0 Å². The van der Waals surface area contributed by atoms with E-state index in [0.29, 0.717) is 25.1 Å². The Bertz CT molecular complexity index is 765. The molecule has 1 spiro atoms. The zero-order valence-electron chi connectivity index (χ0n) is 13.2. The van der Waals surface area contributed by atoms with Gasteiger partial charge in [-0.3, -0.25) is 9.69 Å². The van der Waals surface area contributed by atoms with Crippen molar-refractivity contribution in [2.45, 2.75) is 44.2 Å². The fraction of sp³-hybridized carbons (Fsp3) is 0.412. The second kappa shape index (κ2) is 5.74. The first-order valence-electron chi connectivity index (χ1n) is 8.16. The van der Waals surface area contributed by atoms with E-state index >= 15 is 0 Å². The molecule has 1 N–H and O–H groups in total. The lowest BCUT2D eigenvalue weighted by atomic mass is 9.98. The number of nitrogens with zero attached hydrogens (tertiary/aromatic N) is 3. The number of carbonyl (C=O) groups is 2. The highest BCUT2D eigenvalue weighted by Crippen LogP contribution is 2.35. The number of imide groups is 1. The van der Waals surface area contributed by atoms with Gasteiger partial charge in [0.05, 0.1) is 0 Å². The summed E-state index contributed by atoms with van der Waals surface area (Å²) >= 11 is 0. The number of hydrogen-bond acceptors (Lipinski definition) is 5. The summed E-state index contributed by atoms with van der Waals surface area (Å²) in [7, 11) is 0. The maximum Gasteiger partial charge on any atom is 0.325 e. The average molecular weight is 326 g/mol. The van der Waals surface area contributed by atoms with Crippen LogP contribution in [0.15, 0.2) is 34.9 Å². The topological polar surface area (TPSA) is 88.3 Å². The Kier molecular flexibility index (Phi) is 3.55. The first-order valence-corrected chi connectivity index (χ1v) is 8.16. The van der Waals surface area contributed by atoms with Gasteiger partial charge in [0.15, 0.2) is 5.82 Å². The predicted octanol–water partition coefficient (Wildman–Crippen LogP) is 2.02. The summed E-state index contributed by atoms with van der Waals surface area (Å²) < 4.78 is 5.21. The maximum atomic E-state index is 12.6. The largest absolute Gasteiger partial charge is 0.337 e. The average Bonchev–Trinajstić information content (AvgIpc) is 3.27. The maximum absolute atomic E-state index is 12.6. The van der Waals surface area contributed by atoms with Crippen LogP contribution in [0.5, 0.6) is 0 Å². The number of urea groups is 1. The number of rotatable bonds is 4. The highest BCUT2D eigenvalue weighted by molar-refractivity contribution is 6.07. The molecular formula is C17H18N4O3. The third-order valence-electron chi connectivity index (χ3n) is 4.71. The summed E-state index contributed by atoms with van der Waals surface area (Å²) in [5.41, 5.74) is 0.369. The first-order chi connectivity index (χ1) is 11.7. The van der Waals surface area contributed by atoms with Crippen molar-refractivity contribution in [3.8, 4) is 0 Å². The highest BCUT2D eigenvalue weighted by atomic mass is 16.5. The van der Waals surface area contributed by atoms with E-state index < -0.39 is 5.54 Å². The summed E-state index contributed by atoms with van der Waals surface area (Å²) in [5.74, 6) is 0.645. The summed E-state index contributed by atoms with van der Waals surface area (Å²) in [4.78, 5) is 30.2. The molecule has 2 aromatic rings. The van der Waals surface area contributed by atoms with Gasteiger partial charge in [0, 0.05) is 6.42 Å². The number of nitrogens with one attached hydrogen (secondary N) is 1. The smallest absolute Gasteiger partial charge is 0.325 e. The van der Waals surface area contributed by atoms with Gasteiger partial charge >= 0.3 is 6.03 Å². The molecule has 7 heteroatoms. The molecule has 1 aliphatic carbocycles. The molecule has 0 atom stereocenters. The Balaban J connectivity index is 1.46. The summed E-state index contributed by atoms with van der Waals surface area (Å²) in [6.45, 7) is 0.0220. The molecule has 1 saturated carbocycles. The van der Waals surface area contributed by atoms with E-state index in [1.54, 1.807) is 0 Å². The molecule has 7 nitrogen and oxygen atoms in total. The van der Waals surface area contributed by atoms with Crippen LogP contribution in [0.25, 0.3) is 0 Å². The second-order valence-corrected chi connectivity index (χ2v) is 6.38. The van der Waals surface area contributed by atoms with Crippen LogP contribution < -0.4 is 5.32 Å². The molecule has 2 fully saturated rings. The van der Waals surface area contributed by atoms with Crippen LogP contribution in [-0.2, 0) is 17.8 Å². The van der Waals surface area contributed by atoms with Crippen LogP contribution in [0.4, 0.5) is 4.79 Å². The molecule has 1 aromatic heterocycles. The van der Waals surface area contributed by atoms with Crippen molar-refractivity contribution in [3.63, 3.8) is 0 Å². The molecule has 1 aromatic carbocycles. The van der Waals surface area contributed by atoms with Gasteiger partial charge in [-0.1, -0.05) is 48.3 Å². The molecule has 2 heterocycles. The van der Waals surface area contributed by atoms with Crippen molar-refractivity contribution in [1.29, 1.82) is 0 Å². The fourth-order valence-corrected chi connectivity index (χ4v) is 3.48. The van der Waals surface area contributed by atoms with Crippen LogP contribution in [-0.4, -0.2) is 32.5 Å². The number of amides is 3. The van der Waals surface area contributed by atoms with E-state index in [1.807, 2.05) is 30.3 Å². The molecule has 0 unspecified atom stereocenters. The van der Waals surface area contributed by atoms with Gasteiger partial charge in [-0.25, -0.2) is 4.79 Å². The van der Waals surface area contributed by atoms with Crippen molar-refractivity contribution in [3.05, 3.63) is 47.6 Å². The summed E-state index contributed by atoms with van der Waals surface area (Å²) in [5, 5.41) is 6.78. The van der Waals surface area contributed by atoms with Crippen LogP contribution in [0.3, 0.4) is 0 Å². The Hall–Kier alpha value is -2.70. The minimum Gasteiger partial charge on any atom is -0.337 e. The molecule has 2 aliphatic rings. The Morgan fingerprint density at radius 3 is 2.67 bits per heavy atom. The third-order valence-corrected chi connectivity index (χ3v) is 4.71. The van der Waals surface area contributed by atoms with Crippen molar-refractivity contribution in [2.24, 2.45) is 0 Å². The predicted molar refractivity (Wildman–Crippen MR) is 83.8 cm³/mol. The van der Waals surface area contributed by atoms with E-state index in [1.165, 1.54) is 4.90 Å². The quantitative estimate of drug-likeness (QED) is 0.869. The summed E-state index contributed by atoms with van der Waals surface area (Å²) in [6, 6.07) is 9.44. The highest BCUT2D eigenvalue weighted by Gasteiger charge is 2.52. The zero-order valence-corrected chi connectivity index (χ0v) is 13.2. The fourth-order valence-electron chi connectivity index (χ4n) is 3.48. The zero-order chi connectivity index (χ0) is 16.6. The van der Waals surface area contributed by atoms with Crippen molar-refractivity contribution in [2.75, 3.05) is 0 Å². The Labute approximate surface area is 139 Å². The molecule has 3 amide bonds. The number of benzene rings is 1. The molecule has 24 heavy (non-hydrogen) atoms. The standard InChI is InChI=1S/C17H18N4O3/c22-15-17(8-4-5-9-17)19-16(23)21(15)11-14-18-13(20-24-14)10-12-6-2-1-3-7-12/h1-3,6-7H,4-5,8-11H2,(H,19,23). The minimum atomic E-state index is -0.704. The van der Waals surface area contributed by atoms with Gasteiger partial charge < -0.3 is 9.84 Å². The lowest BCUT2D eigenvalue weighted by Crippen LogP contribution is -2.44. The van der Waals surface area contributed by atoms with Crippen LogP contribution in [0.2, 0.25) is 0 Å². The lowest BCUT2D eigenvalue weighted by Gasteiger charge is -2.19. The lowest BCUT2D eigenvalue weighted by molar-refractivity contribution is -0.131.